The van der Waals surface area contributed by atoms with Crippen molar-refractivity contribution in [1.82, 2.24) is 0 Å². The Morgan fingerprint density at radius 1 is 1.21 bits per heavy atom. The average molecular weight is 326 g/mol. The second-order valence-electron chi connectivity index (χ2n) is 4.96. The molecule has 0 bridgehead atoms. The predicted octanol–water partition coefficient (Wildman–Crippen LogP) is 3.75. The molecule has 1 heterocycles. The van der Waals surface area contributed by atoms with Crippen LogP contribution in [0.3, 0.4) is 0 Å². The lowest BCUT2D eigenvalue weighted by molar-refractivity contribution is 0.139. The van der Waals surface area contributed by atoms with Crippen LogP contribution in [0.1, 0.15) is 34.1 Å². The molecule has 0 saturated carbocycles. The summed E-state index contributed by atoms with van der Waals surface area (Å²) in [5, 5.41) is 0. The van der Waals surface area contributed by atoms with E-state index in [4.69, 9.17) is 9.05 Å². The van der Waals surface area contributed by atoms with E-state index in [9.17, 15) is 8.77 Å². The van der Waals surface area contributed by atoms with Crippen molar-refractivity contribution < 1.29 is 17.8 Å². The summed E-state index contributed by atoms with van der Waals surface area (Å²) in [6.07, 6.45) is 5.44. The van der Waals surface area contributed by atoms with Crippen LogP contribution in [-0.2, 0) is 24.4 Å². The van der Waals surface area contributed by atoms with E-state index in [-0.39, 0.29) is 12.2 Å². The molecule has 0 amide bonds. The van der Waals surface area contributed by atoms with Gasteiger partial charge in [0.2, 0.25) is 0 Å². The van der Waals surface area contributed by atoms with Crippen LogP contribution in [0, 0.1) is 0 Å². The molecule has 19 heavy (non-hydrogen) atoms. The van der Waals surface area contributed by atoms with Gasteiger partial charge in [0.25, 0.3) is 0 Å². The Balaban J connectivity index is 3.22. The monoisotopic (exact) mass is 326 g/mol. The Kier molecular flexibility index (Phi) is 6.33. The van der Waals surface area contributed by atoms with Crippen LogP contribution in [-0.4, -0.2) is 32.2 Å². The molecule has 4 nitrogen and oxygen atoms in total. The fourth-order valence-electron chi connectivity index (χ4n) is 1.83. The quantitative estimate of drug-likeness (QED) is 0.549. The van der Waals surface area contributed by atoms with Gasteiger partial charge in [-0.2, -0.15) is 0 Å². The molecule has 1 rings (SSSR count). The highest BCUT2D eigenvalue weighted by molar-refractivity contribution is 8.20. The van der Waals surface area contributed by atoms with Gasteiger partial charge in [-0.15, -0.1) is 11.8 Å². The molecule has 2 unspecified atom stereocenters. The Morgan fingerprint density at radius 3 is 2.05 bits per heavy atom. The summed E-state index contributed by atoms with van der Waals surface area (Å²) < 4.78 is 35.8. The molecule has 2 atom stereocenters. The molecule has 112 valence electrons. The average Bonchev–Trinajstić information content (AvgIpc) is 2.27. The highest BCUT2D eigenvalue weighted by Crippen LogP contribution is 2.69. The Hall–Kier alpha value is 0.390. The molecule has 7 heteroatoms. The van der Waals surface area contributed by atoms with Gasteiger partial charge in [0, 0.05) is 29.2 Å². The molecule has 0 aromatic carbocycles. The van der Waals surface area contributed by atoms with E-state index in [1.54, 1.807) is 6.26 Å². The van der Waals surface area contributed by atoms with Crippen molar-refractivity contribution in [3.05, 3.63) is 12.2 Å². The first-order chi connectivity index (χ1) is 8.73. The lowest BCUT2D eigenvalue weighted by Gasteiger charge is -2.39. The lowest BCUT2D eigenvalue weighted by atomic mass is 10.4. The Morgan fingerprint density at radius 2 is 1.74 bits per heavy atom. The van der Waals surface area contributed by atoms with Crippen molar-refractivity contribution in [1.29, 1.82) is 0 Å². The van der Waals surface area contributed by atoms with E-state index in [0.29, 0.717) is 12.2 Å². The third kappa shape index (κ3) is 3.94. The molecule has 0 fully saturated rings. The third-order valence-electron chi connectivity index (χ3n) is 2.51. The van der Waals surface area contributed by atoms with E-state index in [1.807, 2.05) is 39.8 Å². The third-order valence-corrected chi connectivity index (χ3v) is 10.5. The zero-order chi connectivity index (χ0) is 14.7. The summed E-state index contributed by atoms with van der Waals surface area (Å²) in [5.74, 6) is 0.673. The minimum Gasteiger partial charge on any atom is -0.304 e. The SMILES string of the molecule is CC(C)OP(=O)(OC(C)C)C1(S(C)=O)CC=CCS1. The van der Waals surface area contributed by atoms with Crippen LogP contribution in [0.25, 0.3) is 0 Å². The first-order valence-electron chi connectivity index (χ1n) is 6.33. The van der Waals surface area contributed by atoms with Crippen LogP contribution in [0.15, 0.2) is 12.2 Å². The van der Waals surface area contributed by atoms with E-state index < -0.39 is 22.2 Å². The van der Waals surface area contributed by atoms with Gasteiger partial charge >= 0.3 is 7.60 Å². The van der Waals surface area contributed by atoms with E-state index in [0.717, 1.165) is 0 Å². The molecule has 0 spiro atoms. The molecule has 1 aliphatic heterocycles. The van der Waals surface area contributed by atoms with Gasteiger partial charge in [0.15, 0.2) is 3.82 Å². The van der Waals surface area contributed by atoms with Gasteiger partial charge in [-0.25, -0.2) is 0 Å². The van der Waals surface area contributed by atoms with Crippen LogP contribution in [0.4, 0.5) is 0 Å². The fraction of sp³-hybridized carbons (Fsp3) is 0.833. The normalized spacial score (nSPS) is 26.1. The summed E-state index contributed by atoms with van der Waals surface area (Å²) in [4.78, 5) is 0. The van der Waals surface area contributed by atoms with Crippen LogP contribution in [0.5, 0.6) is 0 Å². The molecule has 0 saturated heterocycles. The molecular formula is C12H23O4PS2. The molecule has 0 aromatic heterocycles. The van der Waals surface area contributed by atoms with Crippen LogP contribution in [0.2, 0.25) is 0 Å². The zero-order valence-electron chi connectivity index (χ0n) is 12.1. The highest BCUT2D eigenvalue weighted by atomic mass is 32.2. The summed E-state index contributed by atoms with van der Waals surface area (Å²) in [6, 6.07) is 0. The highest BCUT2D eigenvalue weighted by Gasteiger charge is 2.56. The van der Waals surface area contributed by atoms with Gasteiger partial charge in [-0.1, -0.05) is 12.2 Å². The van der Waals surface area contributed by atoms with Crippen molar-refractivity contribution in [3.63, 3.8) is 0 Å². The Bertz CT molecular complexity index is 395. The van der Waals surface area contributed by atoms with Crippen molar-refractivity contribution >= 4 is 30.2 Å². The second-order valence-corrected chi connectivity index (χ2v) is 10.9. The van der Waals surface area contributed by atoms with E-state index in [1.165, 1.54) is 11.8 Å². The first-order valence-corrected chi connectivity index (χ1v) is 10.4. The minimum absolute atomic E-state index is 0.239. The number of rotatable bonds is 6. The standard InChI is InChI=1S/C12H23O4PS2/c1-10(2)15-17(13,16-11(3)4)12(19(5)14)8-6-7-9-18-12/h6-7,10-11H,8-9H2,1-5H3. The maximum absolute atomic E-state index is 13.3. The van der Waals surface area contributed by atoms with Crippen LogP contribution >= 0.6 is 19.4 Å². The molecule has 0 radical (unpaired) electrons. The molecule has 1 aliphatic rings. The summed E-state index contributed by atoms with van der Waals surface area (Å²) >= 11 is 1.41. The van der Waals surface area contributed by atoms with E-state index in [2.05, 4.69) is 0 Å². The summed E-state index contributed by atoms with van der Waals surface area (Å²) in [7, 11) is -4.80. The number of hydrogen-bond donors (Lipinski definition) is 0. The maximum atomic E-state index is 13.3. The van der Waals surface area contributed by atoms with Crippen molar-refractivity contribution in [3.8, 4) is 0 Å². The molecule has 0 N–H and O–H groups in total. The van der Waals surface area contributed by atoms with Crippen molar-refractivity contribution in [2.45, 2.75) is 50.1 Å². The van der Waals surface area contributed by atoms with Crippen LogP contribution < -0.4 is 0 Å². The Labute approximate surface area is 122 Å². The van der Waals surface area contributed by atoms with Gasteiger partial charge in [-0.05, 0) is 27.7 Å². The molecular weight excluding hydrogens is 303 g/mol. The minimum atomic E-state index is -3.48. The maximum Gasteiger partial charge on any atom is 0.360 e. The van der Waals surface area contributed by atoms with Gasteiger partial charge < -0.3 is 9.05 Å². The summed E-state index contributed by atoms with van der Waals surface area (Å²) in [5.41, 5.74) is 0. The lowest BCUT2D eigenvalue weighted by Crippen LogP contribution is -2.35. The second kappa shape index (κ2) is 6.90. The smallest absolute Gasteiger partial charge is 0.304 e. The largest absolute Gasteiger partial charge is 0.360 e. The van der Waals surface area contributed by atoms with Crippen molar-refractivity contribution in [2.24, 2.45) is 0 Å². The van der Waals surface area contributed by atoms with Gasteiger partial charge in [0.1, 0.15) is 0 Å². The topological polar surface area (TPSA) is 52.6 Å². The first kappa shape index (κ1) is 17.4. The zero-order valence-corrected chi connectivity index (χ0v) is 14.6. The predicted molar refractivity (Wildman–Crippen MR) is 83.1 cm³/mol. The molecule has 0 aliphatic carbocycles. The van der Waals surface area contributed by atoms with E-state index >= 15 is 0 Å². The molecule has 0 aromatic rings. The number of allylic oxidation sites excluding steroid dienone is 1. The van der Waals surface area contributed by atoms with Gasteiger partial charge in [-0.3, -0.25) is 8.77 Å². The fourth-order valence-corrected chi connectivity index (χ4v) is 8.17. The summed E-state index contributed by atoms with van der Waals surface area (Å²) in [6.45, 7) is 7.25. The number of hydrogen-bond acceptors (Lipinski definition) is 5. The number of thioether (sulfide) groups is 1. The van der Waals surface area contributed by atoms with Gasteiger partial charge in [0.05, 0.1) is 12.2 Å². The van der Waals surface area contributed by atoms with Crippen molar-refractivity contribution in [2.75, 3.05) is 12.0 Å².